The highest BCUT2D eigenvalue weighted by Gasteiger charge is 2.09. The summed E-state index contributed by atoms with van der Waals surface area (Å²) in [5, 5.41) is 6.63. The largest absolute Gasteiger partial charge is 0.433 e. The van der Waals surface area contributed by atoms with Crippen LogP contribution in [0.15, 0.2) is 18.2 Å². The van der Waals surface area contributed by atoms with Gasteiger partial charge in [-0.3, -0.25) is 0 Å². The van der Waals surface area contributed by atoms with Crippen molar-refractivity contribution in [2.75, 3.05) is 18.4 Å². The van der Waals surface area contributed by atoms with E-state index in [2.05, 4.69) is 36.1 Å². The molecule has 1 rings (SSSR count). The van der Waals surface area contributed by atoms with Crippen LogP contribution in [0, 0.1) is 0 Å². The second-order valence-electron chi connectivity index (χ2n) is 5.13. The quantitative estimate of drug-likeness (QED) is 0.784. The molecular weight excluding hydrogens is 274 g/mol. The predicted molar refractivity (Wildman–Crippen MR) is 74.3 cm³/mol. The highest BCUT2D eigenvalue weighted by Crippen LogP contribution is 2.28. The molecule has 0 bridgehead atoms. The van der Waals surface area contributed by atoms with Crippen molar-refractivity contribution in [2.45, 2.75) is 32.9 Å². The van der Waals surface area contributed by atoms with Gasteiger partial charge in [0, 0.05) is 24.3 Å². The molecule has 3 nitrogen and oxygen atoms in total. The minimum absolute atomic E-state index is 0.0185. The molecule has 1 aromatic rings. The van der Waals surface area contributed by atoms with Crippen LogP contribution in [-0.4, -0.2) is 25.2 Å². The molecular formula is C13H19ClF2N2O. The molecule has 0 radical (unpaired) electrons. The number of benzene rings is 1. The van der Waals surface area contributed by atoms with Crippen LogP contribution in [0.1, 0.15) is 20.8 Å². The van der Waals surface area contributed by atoms with E-state index in [4.69, 9.17) is 11.6 Å². The highest BCUT2D eigenvalue weighted by atomic mass is 35.5. The summed E-state index contributed by atoms with van der Waals surface area (Å²) in [4.78, 5) is 0. The summed E-state index contributed by atoms with van der Waals surface area (Å²) in [5.41, 5.74) is 0.830. The fourth-order valence-corrected chi connectivity index (χ4v) is 1.67. The summed E-state index contributed by atoms with van der Waals surface area (Å²) >= 11 is 5.84. The SMILES string of the molecule is CC(C)(C)NCCNc1ccc(OC(F)F)c(Cl)c1. The fourth-order valence-electron chi connectivity index (χ4n) is 1.45. The van der Waals surface area contributed by atoms with Gasteiger partial charge in [-0.15, -0.1) is 0 Å². The lowest BCUT2D eigenvalue weighted by atomic mass is 10.1. The molecule has 0 amide bonds. The average Bonchev–Trinajstić information content (AvgIpc) is 2.26. The normalized spacial score (nSPS) is 11.7. The number of rotatable bonds is 6. The maximum absolute atomic E-state index is 12.1. The van der Waals surface area contributed by atoms with Crippen LogP contribution < -0.4 is 15.4 Å². The first kappa shape index (κ1) is 16.0. The van der Waals surface area contributed by atoms with Crippen molar-refractivity contribution in [1.29, 1.82) is 0 Å². The lowest BCUT2D eigenvalue weighted by molar-refractivity contribution is -0.0497. The van der Waals surface area contributed by atoms with Gasteiger partial charge in [-0.05, 0) is 39.0 Å². The van der Waals surface area contributed by atoms with Crippen molar-refractivity contribution in [3.63, 3.8) is 0 Å². The molecule has 0 aromatic heterocycles. The van der Waals surface area contributed by atoms with E-state index in [1.54, 1.807) is 12.1 Å². The van der Waals surface area contributed by atoms with E-state index in [9.17, 15) is 8.78 Å². The number of hydrogen-bond donors (Lipinski definition) is 2. The predicted octanol–water partition coefficient (Wildman–Crippen LogP) is 3.74. The number of ether oxygens (including phenoxy) is 1. The van der Waals surface area contributed by atoms with E-state index in [1.807, 2.05) is 0 Å². The summed E-state index contributed by atoms with van der Waals surface area (Å²) in [6.45, 7) is 4.88. The van der Waals surface area contributed by atoms with E-state index in [0.717, 1.165) is 12.2 Å². The number of anilines is 1. The Labute approximate surface area is 117 Å². The molecule has 0 heterocycles. The van der Waals surface area contributed by atoms with Gasteiger partial charge in [0.25, 0.3) is 0 Å². The Kier molecular flexibility index (Phi) is 5.82. The first-order chi connectivity index (χ1) is 8.78. The van der Waals surface area contributed by atoms with E-state index >= 15 is 0 Å². The molecule has 0 fully saturated rings. The van der Waals surface area contributed by atoms with Crippen molar-refractivity contribution in [3.8, 4) is 5.75 Å². The Balaban J connectivity index is 2.45. The van der Waals surface area contributed by atoms with E-state index < -0.39 is 6.61 Å². The van der Waals surface area contributed by atoms with Gasteiger partial charge in [-0.1, -0.05) is 11.6 Å². The van der Waals surface area contributed by atoms with Crippen molar-refractivity contribution in [1.82, 2.24) is 5.32 Å². The van der Waals surface area contributed by atoms with Gasteiger partial charge in [0.15, 0.2) is 0 Å². The van der Waals surface area contributed by atoms with Crippen LogP contribution >= 0.6 is 11.6 Å². The van der Waals surface area contributed by atoms with Gasteiger partial charge in [0.2, 0.25) is 0 Å². The Morgan fingerprint density at radius 2 is 1.95 bits per heavy atom. The molecule has 0 unspecified atom stereocenters. The van der Waals surface area contributed by atoms with Crippen LogP contribution in [0.5, 0.6) is 5.75 Å². The standard InChI is InChI=1S/C13H19ClF2N2O/c1-13(2,3)18-7-6-17-9-4-5-11(10(14)8-9)19-12(15)16/h4-5,8,12,17-18H,6-7H2,1-3H3. The summed E-state index contributed by atoms with van der Waals surface area (Å²) in [7, 11) is 0. The van der Waals surface area contributed by atoms with E-state index in [0.29, 0.717) is 6.54 Å². The molecule has 0 atom stereocenters. The maximum atomic E-state index is 12.1. The molecule has 108 valence electrons. The van der Waals surface area contributed by atoms with Crippen LogP contribution in [0.2, 0.25) is 5.02 Å². The lowest BCUT2D eigenvalue weighted by Gasteiger charge is -2.20. The number of hydrogen-bond acceptors (Lipinski definition) is 3. The van der Waals surface area contributed by atoms with Crippen molar-refractivity contribution >= 4 is 17.3 Å². The van der Waals surface area contributed by atoms with Gasteiger partial charge in [-0.25, -0.2) is 0 Å². The maximum Gasteiger partial charge on any atom is 0.387 e. The first-order valence-corrected chi connectivity index (χ1v) is 6.39. The van der Waals surface area contributed by atoms with Gasteiger partial charge in [0.05, 0.1) is 5.02 Å². The molecule has 19 heavy (non-hydrogen) atoms. The Bertz CT molecular complexity index is 408. The van der Waals surface area contributed by atoms with Gasteiger partial charge < -0.3 is 15.4 Å². The third kappa shape index (κ3) is 6.59. The van der Waals surface area contributed by atoms with Crippen LogP contribution in [-0.2, 0) is 0 Å². The molecule has 0 saturated heterocycles. The van der Waals surface area contributed by atoms with Crippen molar-refractivity contribution in [3.05, 3.63) is 23.2 Å². The highest BCUT2D eigenvalue weighted by molar-refractivity contribution is 6.32. The fraction of sp³-hybridized carbons (Fsp3) is 0.538. The second-order valence-corrected chi connectivity index (χ2v) is 5.53. The number of halogens is 3. The monoisotopic (exact) mass is 292 g/mol. The molecule has 1 aromatic carbocycles. The summed E-state index contributed by atoms with van der Waals surface area (Å²) in [6.07, 6.45) is 0. The van der Waals surface area contributed by atoms with Gasteiger partial charge in [0.1, 0.15) is 5.75 Å². The zero-order valence-corrected chi connectivity index (χ0v) is 12.0. The third-order valence-corrected chi connectivity index (χ3v) is 2.55. The minimum atomic E-state index is -2.87. The smallest absolute Gasteiger partial charge is 0.387 e. The molecule has 0 aliphatic rings. The number of alkyl halides is 2. The van der Waals surface area contributed by atoms with E-state index in [-0.39, 0.29) is 16.3 Å². The molecule has 0 aliphatic heterocycles. The topological polar surface area (TPSA) is 33.3 Å². The van der Waals surface area contributed by atoms with Crippen LogP contribution in [0.4, 0.5) is 14.5 Å². The zero-order valence-electron chi connectivity index (χ0n) is 11.3. The second kappa shape index (κ2) is 6.91. The van der Waals surface area contributed by atoms with Crippen molar-refractivity contribution < 1.29 is 13.5 Å². The zero-order chi connectivity index (χ0) is 14.5. The van der Waals surface area contributed by atoms with Gasteiger partial charge >= 0.3 is 6.61 Å². The van der Waals surface area contributed by atoms with Crippen LogP contribution in [0.3, 0.4) is 0 Å². The molecule has 0 aliphatic carbocycles. The van der Waals surface area contributed by atoms with E-state index in [1.165, 1.54) is 6.07 Å². The number of nitrogens with one attached hydrogen (secondary N) is 2. The first-order valence-electron chi connectivity index (χ1n) is 6.01. The minimum Gasteiger partial charge on any atom is -0.433 e. The molecule has 0 saturated carbocycles. The Hall–Kier alpha value is -1.07. The summed E-state index contributed by atoms with van der Waals surface area (Å²) in [5.74, 6) is -0.0185. The van der Waals surface area contributed by atoms with Gasteiger partial charge in [-0.2, -0.15) is 8.78 Å². The summed E-state index contributed by atoms with van der Waals surface area (Å²) < 4.78 is 28.4. The molecule has 6 heteroatoms. The molecule has 0 spiro atoms. The van der Waals surface area contributed by atoms with Crippen molar-refractivity contribution in [2.24, 2.45) is 0 Å². The Morgan fingerprint density at radius 3 is 2.47 bits per heavy atom. The lowest BCUT2D eigenvalue weighted by Crippen LogP contribution is -2.38. The Morgan fingerprint density at radius 1 is 1.26 bits per heavy atom. The third-order valence-electron chi connectivity index (χ3n) is 2.26. The molecule has 2 N–H and O–H groups in total. The van der Waals surface area contributed by atoms with Crippen LogP contribution in [0.25, 0.3) is 0 Å². The average molecular weight is 293 g/mol. The summed E-state index contributed by atoms with van der Waals surface area (Å²) in [6, 6.07) is 4.64.